The number of benzene rings is 1. The maximum Gasteiger partial charge on any atom is 0.319 e. The molecule has 1 heterocycles. The predicted octanol–water partition coefficient (Wildman–Crippen LogP) is 2.60. The van der Waals surface area contributed by atoms with Gasteiger partial charge in [-0.1, -0.05) is 23.7 Å². The van der Waals surface area contributed by atoms with Crippen molar-refractivity contribution in [3.8, 4) is 5.88 Å². The van der Waals surface area contributed by atoms with Crippen molar-refractivity contribution >= 4 is 23.3 Å². The van der Waals surface area contributed by atoms with Crippen molar-refractivity contribution in [1.82, 2.24) is 10.3 Å². The summed E-state index contributed by atoms with van der Waals surface area (Å²) in [4.78, 5) is 15.8. The fourth-order valence-electron chi connectivity index (χ4n) is 1.84. The Hall–Kier alpha value is -2.31. The molecule has 1 atom stereocenters. The Bertz CT molecular complexity index is 651. The van der Waals surface area contributed by atoms with E-state index in [2.05, 4.69) is 15.6 Å². The molecule has 0 radical (unpaired) electrons. The Labute approximate surface area is 133 Å². The molecule has 0 saturated heterocycles. The Balaban J connectivity index is 1.90. The number of hydrogen-bond acceptors (Lipinski definition) is 4. The highest BCUT2D eigenvalue weighted by Gasteiger charge is 2.11. The zero-order chi connectivity index (χ0) is 15.9. The quantitative estimate of drug-likeness (QED) is 0.790. The fourth-order valence-corrected chi connectivity index (χ4v) is 2.03. The predicted molar refractivity (Wildman–Crippen MR) is 84.2 cm³/mol. The number of aliphatic hydroxyl groups is 1. The summed E-state index contributed by atoms with van der Waals surface area (Å²) >= 11 is 5.86. The number of ether oxygens (including phenoxy) is 1. The molecule has 1 aromatic carbocycles. The van der Waals surface area contributed by atoms with Crippen LogP contribution in [0.3, 0.4) is 0 Å². The van der Waals surface area contributed by atoms with Gasteiger partial charge < -0.3 is 20.5 Å². The van der Waals surface area contributed by atoms with Gasteiger partial charge in [0, 0.05) is 17.8 Å². The minimum absolute atomic E-state index is 0.0504. The number of nitrogens with one attached hydrogen (secondary N) is 2. The van der Waals surface area contributed by atoms with Crippen LogP contribution in [0.2, 0.25) is 5.02 Å². The van der Waals surface area contributed by atoms with Crippen LogP contribution in [-0.4, -0.2) is 29.8 Å². The normalized spacial score (nSPS) is 11.6. The minimum atomic E-state index is -0.847. The number of carbonyl (C=O) groups is 1. The SMILES string of the molecule is COc1ncccc1NC(=O)NCC(O)c1cccc(Cl)c1. The Morgan fingerprint density at radius 1 is 1.41 bits per heavy atom. The summed E-state index contributed by atoms with van der Waals surface area (Å²) in [6, 6.07) is 9.72. The third-order valence-corrected chi connectivity index (χ3v) is 3.14. The number of nitrogens with zero attached hydrogens (tertiary/aromatic N) is 1. The van der Waals surface area contributed by atoms with Gasteiger partial charge in [0.1, 0.15) is 5.69 Å². The van der Waals surface area contributed by atoms with E-state index in [9.17, 15) is 9.90 Å². The first-order valence-corrected chi connectivity index (χ1v) is 6.95. The summed E-state index contributed by atoms with van der Waals surface area (Å²) in [5, 5.41) is 15.7. The number of aliphatic hydroxyl groups excluding tert-OH is 1. The zero-order valence-electron chi connectivity index (χ0n) is 11.9. The van der Waals surface area contributed by atoms with Crippen molar-refractivity contribution in [3.05, 3.63) is 53.2 Å². The van der Waals surface area contributed by atoms with Crippen LogP contribution in [0.25, 0.3) is 0 Å². The third kappa shape index (κ3) is 4.34. The standard InChI is InChI=1S/C15H16ClN3O3/c1-22-14-12(6-3-7-17-14)19-15(21)18-9-13(20)10-4-2-5-11(16)8-10/h2-8,13,20H,9H2,1H3,(H2,18,19,21). The van der Waals surface area contributed by atoms with Gasteiger partial charge in [-0.05, 0) is 29.8 Å². The lowest BCUT2D eigenvalue weighted by Gasteiger charge is -2.14. The molecule has 0 aliphatic rings. The Kier molecular flexibility index (Phi) is 5.57. The average Bonchev–Trinajstić information content (AvgIpc) is 2.53. The number of aromatic nitrogens is 1. The number of halogens is 1. The van der Waals surface area contributed by atoms with E-state index < -0.39 is 12.1 Å². The van der Waals surface area contributed by atoms with Crippen LogP contribution in [0.4, 0.5) is 10.5 Å². The van der Waals surface area contributed by atoms with Gasteiger partial charge in [0.15, 0.2) is 0 Å². The van der Waals surface area contributed by atoms with Gasteiger partial charge in [-0.2, -0.15) is 0 Å². The van der Waals surface area contributed by atoms with Gasteiger partial charge in [0.05, 0.1) is 13.2 Å². The first kappa shape index (κ1) is 16.1. The average molecular weight is 322 g/mol. The first-order chi connectivity index (χ1) is 10.6. The van der Waals surface area contributed by atoms with Crippen molar-refractivity contribution in [2.45, 2.75) is 6.10 Å². The van der Waals surface area contributed by atoms with Crippen LogP contribution in [0.15, 0.2) is 42.6 Å². The minimum Gasteiger partial charge on any atom is -0.480 e. The number of methoxy groups -OCH3 is 1. The number of hydrogen-bond donors (Lipinski definition) is 3. The van der Waals surface area contributed by atoms with E-state index in [4.69, 9.17) is 16.3 Å². The number of pyridine rings is 1. The molecule has 0 aliphatic carbocycles. The van der Waals surface area contributed by atoms with E-state index in [1.807, 2.05) is 0 Å². The second-order valence-corrected chi connectivity index (χ2v) is 4.90. The third-order valence-electron chi connectivity index (χ3n) is 2.90. The van der Waals surface area contributed by atoms with Gasteiger partial charge in [-0.3, -0.25) is 0 Å². The van der Waals surface area contributed by atoms with Crippen LogP contribution < -0.4 is 15.4 Å². The van der Waals surface area contributed by atoms with Crippen LogP contribution in [0.1, 0.15) is 11.7 Å². The van der Waals surface area contributed by atoms with Crippen LogP contribution in [0, 0.1) is 0 Å². The second-order valence-electron chi connectivity index (χ2n) is 4.47. The molecule has 0 spiro atoms. The smallest absolute Gasteiger partial charge is 0.319 e. The second kappa shape index (κ2) is 7.63. The molecule has 0 fully saturated rings. The summed E-state index contributed by atoms with van der Waals surface area (Å²) in [7, 11) is 1.47. The number of urea groups is 1. The molecule has 0 aliphatic heterocycles. The van der Waals surface area contributed by atoms with Crippen molar-refractivity contribution in [2.75, 3.05) is 19.0 Å². The highest BCUT2D eigenvalue weighted by atomic mass is 35.5. The molecule has 22 heavy (non-hydrogen) atoms. The molecule has 0 saturated carbocycles. The molecule has 2 rings (SSSR count). The van der Waals surface area contributed by atoms with Crippen molar-refractivity contribution in [3.63, 3.8) is 0 Å². The molecule has 0 bridgehead atoms. The summed E-state index contributed by atoms with van der Waals surface area (Å²) in [5.74, 6) is 0.313. The molecule has 1 unspecified atom stereocenters. The van der Waals surface area contributed by atoms with Gasteiger partial charge in [0.2, 0.25) is 5.88 Å². The molecule has 6 nitrogen and oxygen atoms in total. The van der Waals surface area contributed by atoms with Crippen LogP contribution in [-0.2, 0) is 0 Å². The molecule has 2 aromatic rings. The lowest BCUT2D eigenvalue weighted by atomic mass is 10.1. The van der Waals surface area contributed by atoms with Crippen molar-refractivity contribution in [2.24, 2.45) is 0 Å². The van der Waals surface area contributed by atoms with E-state index in [-0.39, 0.29) is 6.54 Å². The summed E-state index contributed by atoms with van der Waals surface area (Å²) in [5.41, 5.74) is 1.08. The molecule has 1 aromatic heterocycles. The zero-order valence-corrected chi connectivity index (χ0v) is 12.7. The maximum absolute atomic E-state index is 11.8. The lowest BCUT2D eigenvalue weighted by Crippen LogP contribution is -2.32. The van der Waals surface area contributed by atoms with Crippen LogP contribution in [0.5, 0.6) is 5.88 Å². The largest absolute Gasteiger partial charge is 0.480 e. The van der Waals surface area contributed by atoms with Gasteiger partial charge >= 0.3 is 6.03 Å². The highest BCUT2D eigenvalue weighted by molar-refractivity contribution is 6.30. The molecular weight excluding hydrogens is 306 g/mol. The van der Waals surface area contributed by atoms with E-state index in [1.54, 1.807) is 42.6 Å². The van der Waals surface area contributed by atoms with Gasteiger partial charge in [-0.15, -0.1) is 0 Å². The molecular formula is C15H16ClN3O3. The van der Waals surface area contributed by atoms with E-state index in [1.165, 1.54) is 7.11 Å². The lowest BCUT2D eigenvalue weighted by molar-refractivity contribution is 0.175. The van der Waals surface area contributed by atoms with Gasteiger partial charge in [0.25, 0.3) is 0 Å². The molecule has 116 valence electrons. The first-order valence-electron chi connectivity index (χ1n) is 6.57. The topological polar surface area (TPSA) is 83.5 Å². The van der Waals surface area contributed by atoms with Gasteiger partial charge in [-0.25, -0.2) is 9.78 Å². The maximum atomic E-state index is 11.8. The van der Waals surface area contributed by atoms with E-state index in [0.29, 0.717) is 22.2 Å². The summed E-state index contributed by atoms with van der Waals surface area (Å²) in [6.07, 6.45) is 0.713. The monoisotopic (exact) mass is 321 g/mol. The summed E-state index contributed by atoms with van der Waals surface area (Å²) < 4.78 is 5.04. The Morgan fingerprint density at radius 3 is 2.95 bits per heavy atom. The molecule has 7 heteroatoms. The Morgan fingerprint density at radius 2 is 2.23 bits per heavy atom. The fraction of sp³-hybridized carbons (Fsp3) is 0.200. The van der Waals surface area contributed by atoms with E-state index >= 15 is 0 Å². The van der Waals surface area contributed by atoms with Crippen LogP contribution >= 0.6 is 11.6 Å². The van der Waals surface area contributed by atoms with E-state index in [0.717, 1.165) is 0 Å². The molecule has 2 amide bonds. The van der Waals surface area contributed by atoms with Crippen molar-refractivity contribution in [1.29, 1.82) is 0 Å². The number of carbonyl (C=O) groups excluding carboxylic acids is 1. The number of anilines is 1. The summed E-state index contributed by atoms with van der Waals surface area (Å²) in [6.45, 7) is 0.0504. The molecule has 3 N–H and O–H groups in total. The number of amides is 2. The highest BCUT2D eigenvalue weighted by Crippen LogP contribution is 2.20. The number of rotatable bonds is 5. The van der Waals surface area contributed by atoms with Crippen molar-refractivity contribution < 1.29 is 14.6 Å².